The maximum Gasteiger partial charge on any atom is 0.234 e. The summed E-state index contributed by atoms with van der Waals surface area (Å²) in [5.74, 6) is 0.110. The first-order valence-corrected chi connectivity index (χ1v) is 10.9. The molecule has 7 heteroatoms. The van der Waals surface area contributed by atoms with E-state index in [4.69, 9.17) is 11.6 Å². The maximum atomic E-state index is 12.3. The van der Waals surface area contributed by atoms with E-state index in [9.17, 15) is 4.79 Å². The van der Waals surface area contributed by atoms with Gasteiger partial charge in [-0.1, -0.05) is 29.8 Å². The second kappa shape index (κ2) is 9.09. The van der Waals surface area contributed by atoms with Crippen LogP contribution in [0.3, 0.4) is 0 Å². The fraction of sp³-hybridized carbons (Fsp3) is 0.381. The standard InChI is InChI=1S/C21H25ClN4OS/c22-20-6-5-17(28-20)14-25-9-11-26(12-10-25)15-21(27)23-8-7-16-13-24-19-4-2-1-3-18(16)19/h1-6,13,24H,7-12,14-15H2,(H,23,27). The minimum Gasteiger partial charge on any atom is -0.361 e. The number of para-hydroxylation sites is 1. The summed E-state index contributed by atoms with van der Waals surface area (Å²) in [7, 11) is 0. The molecule has 1 aromatic carbocycles. The van der Waals surface area contributed by atoms with Gasteiger partial charge >= 0.3 is 0 Å². The van der Waals surface area contributed by atoms with E-state index in [0.717, 1.165) is 49.0 Å². The van der Waals surface area contributed by atoms with Crippen molar-refractivity contribution in [1.29, 1.82) is 0 Å². The van der Waals surface area contributed by atoms with Gasteiger partial charge in [0.15, 0.2) is 0 Å². The van der Waals surface area contributed by atoms with Crippen molar-refractivity contribution >= 4 is 39.7 Å². The molecule has 3 heterocycles. The lowest BCUT2D eigenvalue weighted by Crippen LogP contribution is -2.49. The molecule has 1 amide bonds. The van der Waals surface area contributed by atoms with E-state index >= 15 is 0 Å². The Kier molecular flexibility index (Phi) is 6.32. The second-order valence-corrected chi connectivity index (χ2v) is 9.02. The number of aromatic nitrogens is 1. The van der Waals surface area contributed by atoms with Gasteiger partial charge in [-0.05, 0) is 30.2 Å². The van der Waals surface area contributed by atoms with E-state index in [2.05, 4.69) is 38.3 Å². The number of H-pyrrole nitrogens is 1. The van der Waals surface area contributed by atoms with Crippen LogP contribution < -0.4 is 5.32 Å². The zero-order valence-electron chi connectivity index (χ0n) is 15.8. The van der Waals surface area contributed by atoms with E-state index in [-0.39, 0.29) is 5.91 Å². The lowest BCUT2D eigenvalue weighted by Gasteiger charge is -2.34. The lowest BCUT2D eigenvalue weighted by molar-refractivity contribution is -0.122. The van der Waals surface area contributed by atoms with Crippen molar-refractivity contribution in [3.05, 3.63) is 57.4 Å². The number of nitrogens with zero attached hydrogens (tertiary/aromatic N) is 2. The van der Waals surface area contributed by atoms with Gasteiger partial charge in [0.2, 0.25) is 5.91 Å². The first kappa shape index (κ1) is 19.5. The van der Waals surface area contributed by atoms with Crippen LogP contribution in [-0.2, 0) is 17.8 Å². The van der Waals surface area contributed by atoms with Crippen LogP contribution in [0.25, 0.3) is 10.9 Å². The second-order valence-electron chi connectivity index (χ2n) is 7.22. The normalized spacial score (nSPS) is 15.9. The lowest BCUT2D eigenvalue weighted by atomic mass is 10.1. The van der Waals surface area contributed by atoms with Crippen molar-refractivity contribution < 1.29 is 4.79 Å². The minimum atomic E-state index is 0.110. The number of aromatic amines is 1. The molecule has 1 aliphatic heterocycles. The Labute approximate surface area is 174 Å². The highest BCUT2D eigenvalue weighted by Crippen LogP contribution is 2.23. The molecule has 0 aliphatic carbocycles. The molecular formula is C21H25ClN4OS. The number of amides is 1. The van der Waals surface area contributed by atoms with Gasteiger partial charge in [0, 0.05) is 61.2 Å². The average Bonchev–Trinajstić information content (AvgIpc) is 3.30. The summed E-state index contributed by atoms with van der Waals surface area (Å²) in [5, 5.41) is 4.30. The number of halogens is 1. The Balaban J connectivity index is 1.16. The van der Waals surface area contributed by atoms with Crippen LogP contribution in [0.15, 0.2) is 42.6 Å². The van der Waals surface area contributed by atoms with Crippen molar-refractivity contribution in [3.63, 3.8) is 0 Å². The Bertz CT molecular complexity index is 929. The largest absolute Gasteiger partial charge is 0.361 e. The highest BCUT2D eigenvalue weighted by molar-refractivity contribution is 7.16. The Morgan fingerprint density at radius 3 is 2.68 bits per heavy atom. The van der Waals surface area contributed by atoms with E-state index in [1.807, 2.05) is 24.4 Å². The van der Waals surface area contributed by atoms with Crippen LogP contribution in [0.1, 0.15) is 10.4 Å². The van der Waals surface area contributed by atoms with Crippen LogP contribution >= 0.6 is 22.9 Å². The summed E-state index contributed by atoms with van der Waals surface area (Å²) in [6, 6.07) is 12.3. The quantitative estimate of drug-likeness (QED) is 0.621. The molecule has 5 nitrogen and oxygen atoms in total. The number of carbonyl (C=O) groups is 1. The SMILES string of the molecule is O=C(CN1CCN(Cc2ccc(Cl)s2)CC1)NCCc1c[nH]c2ccccc12. The van der Waals surface area contributed by atoms with E-state index in [0.29, 0.717) is 13.1 Å². The number of hydrogen-bond acceptors (Lipinski definition) is 4. The third kappa shape index (κ3) is 4.94. The number of carbonyl (C=O) groups excluding carboxylic acids is 1. The molecule has 148 valence electrons. The zero-order valence-corrected chi connectivity index (χ0v) is 17.4. The molecule has 1 saturated heterocycles. The van der Waals surface area contributed by atoms with E-state index in [1.54, 1.807) is 11.3 Å². The molecule has 28 heavy (non-hydrogen) atoms. The van der Waals surface area contributed by atoms with Gasteiger partial charge in [0.05, 0.1) is 10.9 Å². The van der Waals surface area contributed by atoms with Crippen molar-refractivity contribution in [2.75, 3.05) is 39.3 Å². The van der Waals surface area contributed by atoms with Gasteiger partial charge in [-0.3, -0.25) is 14.6 Å². The molecule has 0 bridgehead atoms. The van der Waals surface area contributed by atoms with Crippen molar-refractivity contribution in [2.24, 2.45) is 0 Å². The average molecular weight is 417 g/mol. The number of piperazine rings is 1. The predicted molar refractivity (Wildman–Crippen MR) is 116 cm³/mol. The van der Waals surface area contributed by atoms with Crippen LogP contribution in [0.2, 0.25) is 4.34 Å². The van der Waals surface area contributed by atoms with Crippen LogP contribution in [0, 0.1) is 0 Å². The molecule has 2 N–H and O–H groups in total. The predicted octanol–water partition coefficient (Wildman–Crippen LogP) is 3.36. The third-order valence-electron chi connectivity index (χ3n) is 5.23. The number of thiophene rings is 1. The minimum absolute atomic E-state index is 0.110. The van der Waals surface area contributed by atoms with E-state index in [1.165, 1.54) is 15.8 Å². The Morgan fingerprint density at radius 1 is 1.11 bits per heavy atom. The van der Waals surface area contributed by atoms with Crippen LogP contribution in [0.5, 0.6) is 0 Å². The smallest absolute Gasteiger partial charge is 0.234 e. The molecule has 1 aliphatic rings. The Hall–Kier alpha value is -1.86. The van der Waals surface area contributed by atoms with Gasteiger partial charge in [0.1, 0.15) is 0 Å². The van der Waals surface area contributed by atoms with Crippen molar-refractivity contribution in [1.82, 2.24) is 20.1 Å². The van der Waals surface area contributed by atoms with Gasteiger partial charge < -0.3 is 10.3 Å². The van der Waals surface area contributed by atoms with Crippen LogP contribution in [-0.4, -0.2) is 60.0 Å². The molecule has 0 atom stereocenters. The molecule has 0 saturated carbocycles. The fourth-order valence-electron chi connectivity index (χ4n) is 3.70. The summed E-state index contributed by atoms with van der Waals surface area (Å²) in [6.07, 6.45) is 2.88. The van der Waals surface area contributed by atoms with Crippen molar-refractivity contribution in [2.45, 2.75) is 13.0 Å². The highest BCUT2D eigenvalue weighted by atomic mass is 35.5. The summed E-state index contributed by atoms with van der Waals surface area (Å²) < 4.78 is 0.845. The molecule has 4 rings (SSSR count). The number of hydrogen-bond donors (Lipinski definition) is 2. The number of fused-ring (bicyclic) bond motifs is 1. The molecule has 1 fully saturated rings. The van der Waals surface area contributed by atoms with Gasteiger partial charge in [-0.2, -0.15) is 0 Å². The number of benzene rings is 1. The summed E-state index contributed by atoms with van der Waals surface area (Å²) in [4.78, 5) is 21.5. The third-order valence-corrected chi connectivity index (χ3v) is 6.45. The molecule has 0 radical (unpaired) electrons. The van der Waals surface area contributed by atoms with Crippen LogP contribution in [0.4, 0.5) is 0 Å². The monoisotopic (exact) mass is 416 g/mol. The zero-order chi connectivity index (χ0) is 19.3. The molecular weight excluding hydrogens is 392 g/mol. The summed E-state index contributed by atoms with van der Waals surface area (Å²) in [6.45, 7) is 5.91. The fourth-order valence-corrected chi connectivity index (χ4v) is 4.83. The summed E-state index contributed by atoms with van der Waals surface area (Å²) in [5.41, 5.74) is 2.39. The van der Waals surface area contributed by atoms with Crippen molar-refractivity contribution in [3.8, 4) is 0 Å². The summed E-state index contributed by atoms with van der Waals surface area (Å²) >= 11 is 7.65. The molecule has 3 aromatic rings. The number of nitrogens with one attached hydrogen (secondary N) is 2. The first-order chi connectivity index (χ1) is 13.7. The first-order valence-electron chi connectivity index (χ1n) is 9.68. The highest BCUT2D eigenvalue weighted by Gasteiger charge is 2.19. The Morgan fingerprint density at radius 2 is 1.89 bits per heavy atom. The van der Waals surface area contributed by atoms with Gasteiger partial charge in [0.25, 0.3) is 0 Å². The van der Waals surface area contributed by atoms with Gasteiger partial charge in [-0.15, -0.1) is 11.3 Å². The molecule has 0 unspecified atom stereocenters. The number of rotatable bonds is 7. The topological polar surface area (TPSA) is 51.4 Å². The molecule has 2 aromatic heterocycles. The van der Waals surface area contributed by atoms with Gasteiger partial charge in [-0.25, -0.2) is 0 Å². The molecule has 0 spiro atoms. The van der Waals surface area contributed by atoms with E-state index < -0.39 is 0 Å². The maximum absolute atomic E-state index is 12.3.